The predicted octanol–water partition coefficient (Wildman–Crippen LogP) is 1.61. The quantitative estimate of drug-likeness (QED) is 0.866. The second kappa shape index (κ2) is 5.17. The summed E-state index contributed by atoms with van der Waals surface area (Å²) in [5.41, 5.74) is 1.17. The van der Waals surface area contributed by atoms with Crippen molar-refractivity contribution in [3.05, 3.63) is 28.7 Å². The molecule has 1 saturated heterocycles. The molecule has 1 aromatic carbocycles. The fourth-order valence-electron chi connectivity index (χ4n) is 2.27. The number of hydrogen-bond donors (Lipinski definition) is 2. The molecule has 0 aromatic heterocycles. The van der Waals surface area contributed by atoms with Gasteiger partial charge < -0.3 is 15.3 Å². The van der Waals surface area contributed by atoms with Crippen LogP contribution in [0.5, 0.6) is 0 Å². The first kappa shape index (κ1) is 11.9. The van der Waals surface area contributed by atoms with E-state index < -0.39 is 0 Å². The molecule has 2 atom stereocenters. The third-order valence-corrected chi connectivity index (χ3v) is 3.50. The summed E-state index contributed by atoms with van der Waals surface area (Å²) in [6.07, 6.45) is 0. The first-order chi connectivity index (χ1) is 7.72. The van der Waals surface area contributed by atoms with Crippen LogP contribution in [0.25, 0.3) is 0 Å². The van der Waals surface area contributed by atoms with Gasteiger partial charge in [0.2, 0.25) is 0 Å². The summed E-state index contributed by atoms with van der Waals surface area (Å²) in [7, 11) is 0. The molecule has 0 radical (unpaired) electrons. The van der Waals surface area contributed by atoms with E-state index in [1.54, 1.807) is 0 Å². The molecular weight excluding hydrogens is 268 g/mol. The molecule has 0 saturated carbocycles. The Hall–Kier alpha value is -0.580. The van der Waals surface area contributed by atoms with Gasteiger partial charge in [0, 0.05) is 29.3 Å². The highest BCUT2D eigenvalue weighted by atomic mass is 79.9. The number of piperazine rings is 1. The summed E-state index contributed by atoms with van der Waals surface area (Å²) >= 11 is 3.49. The topological polar surface area (TPSA) is 35.5 Å². The van der Waals surface area contributed by atoms with Crippen molar-refractivity contribution in [3.8, 4) is 0 Å². The molecule has 1 aromatic rings. The lowest BCUT2D eigenvalue weighted by molar-refractivity contribution is 0.235. The van der Waals surface area contributed by atoms with Crippen molar-refractivity contribution in [1.29, 1.82) is 0 Å². The molecule has 0 spiro atoms. The molecule has 1 fully saturated rings. The van der Waals surface area contributed by atoms with Crippen LogP contribution in [0.15, 0.2) is 28.7 Å². The monoisotopic (exact) mass is 284 g/mol. The molecule has 4 heteroatoms. The molecule has 1 heterocycles. The van der Waals surface area contributed by atoms with Gasteiger partial charge in [0.15, 0.2) is 0 Å². The molecule has 88 valence electrons. The van der Waals surface area contributed by atoms with E-state index >= 15 is 0 Å². The maximum atomic E-state index is 9.42. The summed E-state index contributed by atoms with van der Waals surface area (Å²) in [5, 5.41) is 12.8. The lowest BCUT2D eigenvalue weighted by Crippen LogP contribution is -2.58. The number of nitrogens with zero attached hydrogens (tertiary/aromatic N) is 1. The molecule has 0 aliphatic carbocycles. The molecule has 0 bridgehead atoms. The second-order valence-corrected chi connectivity index (χ2v) is 5.15. The van der Waals surface area contributed by atoms with E-state index in [0.717, 1.165) is 17.6 Å². The minimum absolute atomic E-state index is 0.165. The number of halogens is 1. The number of benzene rings is 1. The van der Waals surface area contributed by atoms with Gasteiger partial charge in [0.05, 0.1) is 12.6 Å². The van der Waals surface area contributed by atoms with Crippen molar-refractivity contribution < 1.29 is 5.11 Å². The summed E-state index contributed by atoms with van der Waals surface area (Å²) < 4.78 is 1.08. The molecule has 1 aliphatic rings. The zero-order valence-electron chi connectivity index (χ0n) is 9.36. The van der Waals surface area contributed by atoms with Crippen molar-refractivity contribution in [3.63, 3.8) is 0 Å². The van der Waals surface area contributed by atoms with Crippen molar-refractivity contribution in [2.75, 3.05) is 24.6 Å². The van der Waals surface area contributed by atoms with E-state index in [1.807, 2.05) is 12.1 Å². The van der Waals surface area contributed by atoms with E-state index in [9.17, 15) is 5.11 Å². The van der Waals surface area contributed by atoms with Crippen LogP contribution in [0.1, 0.15) is 6.92 Å². The van der Waals surface area contributed by atoms with Gasteiger partial charge >= 0.3 is 0 Å². The fourth-order valence-corrected chi connectivity index (χ4v) is 2.66. The van der Waals surface area contributed by atoms with Gasteiger partial charge in [-0.15, -0.1) is 0 Å². The van der Waals surface area contributed by atoms with Gasteiger partial charge in [-0.05, 0) is 25.1 Å². The van der Waals surface area contributed by atoms with E-state index in [0.29, 0.717) is 6.04 Å². The Bertz CT molecular complexity index is 359. The Morgan fingerprint density at radius 3 is 3.00 bits per heavy atom. The highest BCUT2D eigenvalue weighted by Crippen LogP contribution is 2.25. The Labute approximate surface area is 105 Å². The Morgan fingerprint density at radius 2 is 2.31 bits per heavy atom. The average molecular weight is 285 g/mol. The van der Waals surface area contributed by atoms with E-state index in [1.165, 1.54) is 5.69 Å². The van der Waals surface area contributed by atoms with Crippen LogP contribution in [0.3, 0.4) is 0 Å². The number of nitrogens with one attached hydrogen (secondary N) is 1. The summed E-state index contributed by atoms with van der Waals surface area (Å²) in [4.78, 5) is 2.29. The van der Waals surface area contributed by atoms with Crippen LogP contribution >= 0.6 is 15.9 Å². The van der Waals surface area contributed by atoms with Gasteiger partial charge in [0.25, 0.3) is 0 Å². The van der Waals surface area contributed by atoms with E-state index in [4.69, 9.17) is 0 Å². The lowest BCUT2D eigenvalue weighted by Gasteiger charge is -2.42. The van der Waals surface area contributed by atoms with Crippen LogP contribution < -0.4 is 10.2 Å². The molecule has 2 unspecified atom stereocenters. The highest BCUT2D eigenvalue weighted by molar-refractivity contribution is 9.10. The van der Waals surface area contributed by atoms with Gasteiger partial charge in [0.1, 0.15) is 0 Å². The summed E-state index contributed by atoms with van der Waals surface area (Å²) in [5.74, 6) is 0. The van der Waals surface area contributed by atoms with Gasteiger partial charge in [-0.3, -0.25) is 0 Å². The third kappa shape index (κ3) is 2.39. The number of anilines is 1. The zero-order valence-corrected chi connectivity index (χ0v) is 10.9. The normalized spacial score (nSPS) is 25.8. The van der Waals surface area contributed by atoms with Crippen LogP contribution in [-0.4, -0.2) is 36.9 Å². The van der Waals surface area contributed by atoms with E-state index in [-0.39, 0.29) is 12.6 Å². The predicted molar refractivity (Wildman–Crippen MR) is 69.8 cm³/mol. The molecule has 0 amide bonds. The van der Waals surface area contributed by atoms with Crippen molar-refractivity contribution in [2.24, 2.45) is 0 Å². The van der Waals surface area contributed by atoms with Crippen LogP contribution in [0, 0.1) is 0 Å². The first-order valence-electron chi connectivity index (χ1n) is 5.58. The average Bonchev–Trinajstić information content (AvgIpc) is 2.28. The summed E-state index contributed by atoms with van der Waals surface area (Å²) in [6, 6.07) is 8.81. The van der Waals surface area contributed by atoms with Gasteiger partial charge in [-0.25, -0.2) is 0 Å². The fraction of sp³-hybridized carbons (Fsp3) is 0.500. The minimum atomic E-state index is 0.165. The molecule has 1 aliphatic heterocycles. The van der Waals surface area contributed by atoms with Gasteiger partial charge in [-0.2, -0.15) is 0 Å². The van der Waals surface area contributed by atoms with Gasteiger partial charge in [-0.1, -0.05) is 22.0 Å². The van der Waals surface area contributed by atoms with Crippen molar-refractivity contribution in [1.82, 2.24) is 5.32 Å². The van der Waals surface area contributed by atoms with Crippen molar-refractivity contribution in [2.45, 2.75) is 19.0 Å². The third-order valence-electron chi connectivity index (χ3n) is 3.01. The molecule has 16 heavy (non-hydrogen) atoms. The largest absolute Gasteiger partial charge is 0.394 e. The number of aliphatic hydroxyl groups excluding tert-OH is 1. The summed E-state index contributed by atoms with van der Waals surface area (Å²) in [6.45, 7) is 4.16. The molecule has 3 nitrogen and oxygen atoms in total. The number of rotatable bonds is 2. The molecule has 2 N–H and O–H groups in total. The standard InChI is InChI=1S/C12H17BrN2O/c1-9-6-14-7-12(8-16)15(9)11-4-2-3-10(13)5-11/h2-5,9,12,14,16H,6-8H2,1H3. The smallest absolute Gasteiger partial charge is 0.0649 e. The maximum absolute atomic E-state index is 9.42. The number of hydrogen-bond acceptors (Lipinski definition) is 3. The SMILES string of the molecule is CC1CNCC(CO)N1c1cccc(Br)c1. The Kier molecular flexibility index (Phi) is 3.84. The van der Waals surface area contributed by atoms with E-state index in [2.05, 4.69) is 45.2 Å². The van der Waals surface area contributed by atoms with Crippen LogP contribution in [0.4, 0.5) is 5.69 Å². The van der Waals surface area contributed by atoms with Crippen LogP contribution in [-0.2, 0) is 0 Å². The lowest BCUT2D eigenvalue weighted by atomic mass is 10.1. The molecular formula is C12H17BrN2O. The second-order valence-electron chi connectivity index (χ2n) is 4.23. The highest BCUT2D eigenvalue weighted by Gasteiger charge is 2.27. The number of aliphatic hydroxyl groups is 1. The Balaban J connectivity index is 2.28. The first-order valence-corrected chi connectivity index (χ1v) is 6.37. The maximum Gasteiger partial charge on any atom is 0.0649 e. The molecule has 2 rings (SSSR count). The minimum Gasteiger partial charge on any atom is -0.394 e. The van der Waals surface area contributed by atoms with Crippen LogP contribution in [0.2, 0.25) is 0 Å². The zero-order chi connectivity index (χ0) is 11.5. The van der Waals surface area contributed by atoms with Crippen molar-refractivity contribution >= 4 is 21.6 Å². The Morgan fingerprint density at radius 1 is 1.50 bits per heavy atom.